The number of benzene rings is 1. The fourth-order valence-electron chi connectivity index (χ4n) is 2.92. The highest BCUT2D eigenvalue weighted by Crippen LogP contribution is 2.41. The van der Waals surface area contributed by atoms with Gasteiger partial charge in [-0.25, -0.2) is 14.6 Å². The molecule has 1 aromatic heterocycles. The zero-order valence-electron chi connectivity index (χ0n) is 14.0. The van der Waals surface area contributed by atoms with E-state index in [0.29, 0.717) is 5.82 Å². The number of carbonyl (C=O) groups is 2. The standard InChI is InChI=1S/C18H21N3O4/c1-13-19-9-10-21(13)12-18(16(22)23,15-7-8-15)20-17(24)25-11-14-5-3-2-4-6-14/h2-6,9-10,15H,7-8,11-12H2,1H3,(H,20,24)(H,22,23). The van der Waals surface area contributed by atoms with Crippen LogP contribution in [0.15, 0.2) is 42.7 Å². The second kappa shape index (κ2) is 6.96. The topological polar surface area (TPSA) is 93.5 Å². The molecule has 0 aliphatic heterocycles. The van der Waals surface area contributed by atoms with Crippen LogP contribution in [0, 0.1) is 12.8 Å². The number of carbonyl (C=O) groups excluding carboxylic acids is 1. The predicted molar refractivity (Wildman–Crippen MR) is 89.8 cm³/mol. The molecule has 7 nitrogen and oxygen atoms in total. The van der Waals surface area contributed by atoms with Crippen molar-refractivity contribution >= 4 is 12.1 Å². The molecule has 1 unspecified atom stereocenters. The highest BCUT2D eigenvalue weighted by molar-refractivity contribution is 5.85. The number of amides is 1. The fraction of sp³-hybridized carbons (Fsp3) is 0.389. The first-order chi connectivity index (χ1) is 12.0. The summed E-state index contributed by atoms with van der Waals surface area (Å²) in [6.45, 7) is 2.02. The van der Waals surface area contributed by atoms with E-state index in [2.05, 4.69) is 10.3 Å². The van der Waals surface area contributed by atoms with E-state index in [9.17, 15) is 14.7 Å². The second-order valence-corrected chi connectivity index (χ2v) is 6.34. The van der Waals surface area contributed by atoms with Gasteiger partial charge in [0.1, 0.15) is 12.4 Å². The van der Waals surface area contributed by atoms with Gasteiger partial charge < -0.3 is 19.7 Å². The largest absolute Gasteiger partial charge is 0.479 e. The predicted octanol–water partition coefficient (Wildman–Crippen LogP) is 2.35. The smallest absolute Gasteiger partial charge is 0.408 e. The van der Waals surface area contributed by atoms with Crippen molar-refractivity contribution in [2.45, 2.75) is 38.5 Å². The average Bonchev–Trinajstić information content (AvgIpc) is 3.38. The van der Waals surface area contributed by atoms with Gasteiger partial charge in [0, 0.05) is 12.4 Å². The van der Waals surface area contributed by atoms with E-state index in [1.807, 2.05) is 30.3 Å². The van der Waals surface area contributed by atoms with Gasteiger partial charge in [0.05, 0.1) is 6.54 Å². The molecule has 1 aromatic carbocycles. The molecule has 2 N–H and O–H groups in total. The Labute approximate surface area is 145 Å². The van der Waals surface area contributed by atoms with Crippen LogP contribution in [0.2, 0.25) is 0 Å². The lowest BCUT2D eigenvalue weighted by atomic mass is 9.93. The summed E-state index contributed by atoms with van der Waals surface area (Å²) in [6.07, 6.45) is 4.13. The highest BCUT2D eigenvalue weighted by Gasteiger charge is 2.53. The molecule has 1 fully saturated rings. The Morgan fingerprint density at radius 2 is 2.08 bits per heavy atom. The maximum absolute atomic E-state index is 12.3. The third-order valence-corrected chi connectivity index (χ3v) is 4.54. The van der Waals surface area contributed by atoms with Gasteiger partial charge in [-0.1, -0.05) is 30.3 Å². The minimum absolute atomic E-state index is 0.0944. The number of ether oxygens (including phenoxy) is 1. The molecular weight excluding hydrogens is 322 g/mol. The molecule has 1 aliphatic rings. The van der Waals surface area contributed by atoms with Crippen LogP contribution in [-0.4, -0.2) is 32.3 Å². The molecule has 7 heteroatoms. The van der Waals surface area contributed by atoms with Gasteiger partial charge in [-0.15, -0.1) is 0 Å². The zero-order valence-corrected chi connectivity index (χ0v) is 14.0. The summed E-state index contributed by atoms with van der Waals surface area (Å²) in [5.74, 6) is -0.471. The van der Waals surface area contributed by atoms with Crippen molar-refractivity contribution in [2.75, 3.05) is 0 Å². The van der Waals surface area contributed by atoms with E-state index in [-0.39, 0.29) is 19.1 Å². The van der Waals surface area contributed by atoms with Crippen LogP contribution in [0.1, 0.15) is 24.2 Å². The minimum Gasteiger partial charge on any atom is -0.479 e. The molecule has 1 aliphatic carbocycles. The maximum atomic E-state index is 12.3. The van der Waals surface area contributed by atoms with Crippen LogP contribution in [0.5, 0.6) is 0 Å². The van der Waals surface area contributed by atoms with Gasteiger partial charge in [-0.05, 0) is 31.2 Å². The Morgan fingerprint density at radius 3 is 2.64 bits per heavy atom. The van der Waals surface area contributed by atoms with Crippen molar-refractivity contribution in [2.24, 2.45) is 5.92 Å². The molecule has 0 radical (unpaired) electrons. The molecule has 0 spiro atoms. The summed E-state index contributed by atoms with van der Waals surface area (Å²) in [5.41, 5.74) is -0.547. The summed E-state index contributed by atoms with van der Waals surface area (Å²) in [5, 5.41) is 12.5. The first-order valence-corrected chi connectivity index (χ1v) is 8.21. The lowest BCUT2D eigenvalue weighted by molar-refractivity contribution is -0.146. The molecule has 0 saturated heterocycles. The van der Waals surface area contributed by atoms with E-state index >= 15 is 0 Å². The fourth-order valence-corrected chi connectivity index (χ4v) is 2.92. The SMILES string of the molecule is Cc1nccn1CC(NC(=O)OCc1ccccc1)(C(=O)O)C1CC1. The van der Waals surface area contributed by atoms with E-state index in [0.717, 1.165) is 18.4 Å². The number of aliphatic carboxylic acids is 1. The second-order valence-electron chi connectivity index (χ2n) is 6.34. The van der Waals surface area contributed by atoms with Gasteiger partial charge >= 0.3 is 12.1 Å². The number of aryl methyl sites for hydroxylation is 1. The number of carboxylic acid groups (broad SMARTS) is 1. The number of alkyl carbamates (subject to hydrolysis) is 1. The molecule has 25 heavy (non-hydrogen) atoms. The van der Waals surface area contributed by atoms with Crippen molar-refractivity contribution in [1.29, 1.82) is 0 Å². The van der Waals surface area contributed by atoms with Crippen molar-refractivity contribution in [1.82, 2.24) is 14.9 Å². The van der Waals surface area contributed by atoms with Crippen LogP contribution in [0.3, 0.4) is 0 Å². The third-order valence-electron chi connectivity index (χ3n) is 4.54. The number of nitrogens with zero attached hydrogens (tertiary/aromatic N) is 2. The Hall–Kier alpha value is -2.83. The number of hydrogen-bond acceptors (Lipinski definition) is 4. The summed E-state index contributed by atoms with van der Waals surface area (Å²) >= 11 is 0. The summed E-state index contributed by atoms with van der Waals surface area (Å²) in [4.78, 5) is 28.4. The molecule has 1 atom stereocenters. The normalized spacial score (nSPS) is 16.0. The van der Waals surface area contributed by atoms with Gasteiger partial charge in [0.25, 0.3) is 0 Å². The van der Waals surface area contributed by atoms with Crippen molar-refractivity contribution in [3.05, 3.63) is 54.1 Å². The number of hydrogen-bond donors (Lipinski definition) is 2. The van der Waals surface area contributed by atoms with Gasteiger partial charge in [0.15, 0.2) is 5.54 Å². The van der Waals surface area contributed by atoms with Gasteiger partial charge in [-0.3, -0.25) is 0 Å². The zero-order chi connectivity index (χ0) is 17.9. The Bertz CT molecular complexity index is 755. The molecular formula is C18H21N3O4. The monoisotopic (exact) mass is 343 g/mol. The molecule has 132 valence electrons. The highest BCUT2D eigenvalue weighted by atomic mass is 16.5. The lowest BCUT2D eigenvalue weighted by Crippen LogP contribution is -2.59. The van der Waals surface area contributed by atoms with Crippen LogP contribution in [-0.2, 0) is 22.7 Å². The minimum atomic E-state index is -1.39. The molecule has 0 bridgehead atoms. The van der Waals surface area contributed by atoms with Crippen LogP contribution in [0.4, 0.5) is 4.79 Å². The van der Waals surface area contributed by atoms with Crippen molar-refractivity contribution < 1.29 is 19.4 Å². The van der Waals surface area contributed by atoms with Crippen molar-refractivity contribution in [3.8, 4) is 0 Å². The summed E-state index contributed by atoms with van der Waals surface area (Å²) in [7, 11) is 0. The third kappa shape index (κ3) is 3.81. The van der Waals surface area contributed by atoms with Gasteiger partial charge in [0.2, 0.25) is 0 Å². The quantitative estimate of drug-likeness (QED) is 0.805. The van der Waals surface area contributed by atoms with Crippen LogP contribution < -0.4 is 5.32 Å². The molecule has 1 heterocycles. The Kier molecular flexibility index (Phi) is 4.74. The number of rotatable bonds is 7. The first kappa shape index (κ1) is 17.0. The molecule has 1 saturated carbocycles. The molecule has 3 rings (SSSR count). The Balaban J connectivity index is 1.72. The van der Waals surface area contributed by atoms with Crippen molar-refractivity contribution in [3.63, 3.8) is 0 Å². The number of nitrogens with one attached hydrogen (secondary N) is 1. The number of carboxylic acids is 1. The summed E-state index contributed by atoms with van der Waals surface area (Å²) < 4.78 is 6.96. The van der Waals surface area contributed by atoms with E-state index in [1.165, 1.54) is 0 Å². The Morgan fingerprint density at radius 1 is 1.36 bits per heavy atom. The number of imidazole rings is 1. The maximum Gasteiger partial charge on any atom is 0.408 e. The number of aromatic nitrogens is 2. The van der Waals surface area contributed by atoms with E-state index in [1.54, 1.807) is 23.9 Å². The van der Waals surface area contributed by atoms with Crippen LogP contribution >= 0.6 is 0 Å². The van der Waals surface area contributed by atoms with Crippen LogP contribution in [0.25, 0.3) is 0 Å². The lowest BCUT2D eigenvalue weighted by Gasteiger charge is -2.31. The molecule has 2 aromatic rings. The van der Waals surface area contributed by atoms with Gasteiger partial charge in [-0.2, -0.15) is 0 Å². The summed E-state index contributed by atoms with van der Waals surface area (Å²) in [6, 6.07) is 9.26. The van der Waals surface area contributed by atoms with E-state index < -0.39 is 17.6 Å². The molecule has 1 amide bonds. The average molecular weight is 343 g/mol. The first-order valence-electron chi connectivity index (χ1n) is 8.21. The van der Waals surface area contributed by atoms with E-state index in [4.69, 9.17) is 4.74 Å².